The Hall–Kier alpha value is -1.84. The van der Waals surface area contributed by atoms with Crippen molar-refractivity contribution in [3.63, 3.8) is 0 Å². The fourth-order valence-electron chi connectivity index (χ4n) is 3.43. The molecule has 2 aromatic rings. The molecule has 3 rings (SSSR count). The van der Waals surface area contributed by atoms with Gasteiger partial charge in [-0.2, -0.15) is 0 Å². The maximum absolute atomic E-state index is 10.3. The summed E-state index contributed by atoms with van der Waals surface area (Å²) in [5.41, 5.74) is 4.74. The van der Waals surface area contributed by atoms with Crippen molar-refractivity contribution in [3.05, 3.63) is 64.7 Å². The molecule has 128 valence electrons. The van der Waals surface area contributed by atoms with E-state index in [2.05, 4.69) is 6.07 Å². The lowest BCUT2D eigenvalue weighted by Gasteiger charge is -2.20. The van der Waals surface area contributed by atoms with Crippen molar-refractivity contribution in [1.29, 1.82) is 0 Å². The van der Waals surface area contributed by atoms with Gasteiger partial charge in [-0.25, -0.2) is 0 Å². The minimum absolute atomic E-state index is 0.0406. The Bertz CT molecular complexity index is 666. The first kappa shape index (κ1) is 17.0. The zero-order valence-electron chi connectivity index (χ0n) is 14.1. The van der Waals surface area contributed by atoms with E-state index in [-0.39, 0.29) is 6.61 Å². The maximum Gasteiger partial charge on any atom is 0.122 e. The van der Waals surface area contributed by atoms with Gasteiger partial charge in [-0.1, -0.05) is 36.4 Å². The minimum Gasteiger partial charge on any atom is -0.491 e. The molecule has 1 unspecified atom stereocenters. The Morgan fingerprint density at radius 1 is 0.958 bits per heavy atom. The lowest BCUT2D eigenvalue weighted by molar-refractivity contribution is 0.0994. The van der Waals surface area contributed by atoms with Crippen LogP contribution in [0.4, 0.5) is 0 Å². The van der Waals surface area contributed by atoms with Gasteiger partial charge in [-0.05, 0) is 66.8 Å². The number of benzene rings is 2. The summed E-state index contributed by atoms with van der Waals surface area (Å²) in [6.07, 6.45) is 5.55. The first-order valence-electron chi connectivity index (χ1n) is 8.87. The molecule has 0 heterocycles. The molecule has 0 amide bonds. The van der Waals surface area contributed by atoms with Crippen molar-refractivity contribution < 1.29 is 14.9 Å². The van der Waals surface area contributed by atoms with Gasteiger partial charge in [0, 0.05) is 0 Å². The number of ether oxygens (including phenoxy) is 1. The van der Waals surface area contributed by atoms with Gasteiger partial charge < -0.3 is 14.9 Å². The van der Waals surface area contributed by atoms with Crippen LogP contribution in [-0.4, -0.2) is 22.9 Å². The van der Waals surface area contributed by atoms with E-state index >= 15 is 0 Å². The smallest absolute Gasteiger partial charge is 0.122 e. The van der Waals surface area contributed by atoms with Crippen molar-refractivity contribution in [3.8, 4) is 5.75 Å². The second-order valence-electron chi connectivity index (χ2n) is 6.53. The molecule has 3 heteroatoms. The number of aliphatic hydroxyl groups excluding tert-OH is 2. The van der Waals surface area contributed by atoms with Gasteiger partial charge in [0.1, 0.15) is 12.4 Å². The van der Waals surface area contributed by atoms with E-state index < -0.39 is 6.10 Å². The van der Waals surface area contributed by atoms with E-state index in [4.69, 9.17) is 4.74 Å². The van der Waals surface area contributed by atoms with Crippen LogP contribution < -0.4 is 4.74 Å². The summed E-state index contributed by atoms with van der Waals surface area (Å²) in [5.74, 6) is 0.932. The largest absolute Gasteiger partial charge is 0.491 e. The lowest BCUT2D eigenvalue weighted by atomic mass is 9.91. The number of fused-ring (bicyclic) bond motifs is 1. The van der Waals surface area contributed by atoms with E-state index in [1.54, 1.807) is 0 Å². The van der Waals surface area contributed by atoms with E-state index in [1.165, 1.54) is 24.0 Å². The predicted octanol–water partition coefficient (Wildman–Crippen LogP) is 3.43. The van der Waals surface area contributed by atoms with Gasteiger partial charge in [0.2, 0.25) is 0 Å². The van der Waals surface area contributed by atoms with Gasteiger partial charge in [-0.15, -0.1) is 0 Å². The van der Waals surface area contributed by atoms with Crippen LogP contribution in [0.5, 0.6) is 5.75 Å². The Kier molecular flexibility index (Phi) is 5.89. The molecule has 1 aliphatic carbocycles. The third-order valence-corrected chi connectivity index (χ3v) is 4.82. The predicted molar refractivity (Wildman–Crippen MR) is 95.3 cm³/mol. The SMILES string of the molecule is OCc1ccccc1CCC(O)COc1cccc2c1CCCC2. The van der Waals surface area contributed by atoms with Gasteiger partial charge in [-0.3, -0.25) is 0 Å². The highest BCUT2D eigenvalue weighted by atomic mass is 16.5. The van der Waals surface area contributed by atoms with Crippen LogP contribution in [0, 0.1) is 0 Å². The second kappa shape index (κ2) is 8.32. The molecule has 24 heavy (non-hydrogen) atoms. The van der Waals surface area contributed by atoms with Crippen molar-refractivity contribution >= 4 is 0 Å². The minimum atomic E-state index is -0.504. The zero-order chi connectivity index (χ0) is 16.8. The number of hydrogen-bond acceptors (Lipinski definition) is 3. The molecule has 0 bridgehead atoms. The van der Waals surface area contributed by atoms with Crippen LogP contribution in [0.2, 0.25) is 0 Å². The normalized spacial score (nSPS) is 14.9. The van der Waals surface area contributed by atoms with Gasteiger partial charge >= 0.3 is 0 Å². The molecule has 1 atom stereocenters. The van der Waals surface area contributed by atoms with Gasteiger partial charge in [0.15, 0.2) is 0 Å². The maximum atomic E-state index is 10.3. The number of aliphatic hydroxyl groups is 2. The number of aryl methyl sites for hydroxylation is 2. The Morgan fingerprint density at radius 2 is 1.75 bits per heavy atom. The van der Waals surface area contributed by atoms with Crippen molar-refractivity contribution in [1.82, 2.24) is 0 Å². The summed E-state index contributed by atoms with van der Waals surface area (Å²) in [5, 5.41) is 19.6. The Balaban J connectivity index is 1.54. The standard InChI is InChI=1S/C21H26O3/c22-14-18-8-2-1-6-16(18)12-13-19(23)15-24-21-11-5-9-17-7-3-4-10-20(17)21/h1-2,5-6,8-9,11,19,22-23H,3-4,7,10,12-15H2. The second-order valence-corrected chi connectivity index (χ2v) is 6.53. The van der Waals surface area contributed by atoms with Crippen LogP contribution in [0.1, 0.15) is 41.5 Å². The Morgan fingerprint density at radius 3 is 2.58 bits per heavy atom. The highest BCUT2D eigenvalue weighted by Gasteiger charge is 2.15. The monoisotopic (exact) mass is 326 g/mol. The lowest BCUT2D eigenvalue weighted by Crippen LogP contribution is -2.19. The Labute approximate surface area is 143 Å². The third-order valence-electron chi connectivity index (χ3n) is 4.82. The van der Waals surface area contributed by atoms with Gasteiger partial charge in [0.05, 0.1) is 12.7 Å². The third kappa shape index (κ3) is 4.16. The molecule has 0 aliphatic heterocycles. The summed E-state index contributed by atoms with van der Waals surface area (Å²) in [6, 6.07) is 14.1. The van der Waals surface area contributed by atoms with E-state index in [0.29, 0.717) is 13.0 Å². The summed E-state index contributed by atoms with van der Waals surface area (Å²) in [4.78, 5) is 0. The van der Waals surface area contributed by atoms with E-state index in [0.717, 1.165) is 36.1 Å². The van der Waals surface area contributed by atoms with Gasteiger partial charge in [0.25, 0.3) is 0 Å². The molecule has 0 saturated carbocycles. The van der Waals surface area contributed by atoms with Crippen LogP contribution >= 0.6 is 0 Å². The van der Waals surface area contributed by atoms with Crippen LogP contribution in [0.3, 0.4) is 0 Å². The highest BCUT2D eigenvalue weighted by Crippen LogP contribution is 2.29. The van der Waals surface area contributed by atoms with Crippen LogP contribution in [0.15, 0.2) is 42.5 Å². The summed E-state index contributed by atoms with van der Waals surface area (Å²) in [6.45, 7) is 0.358. The molecule has 0 saturated heterocycles. The summed E-state index contributed by atoms with van der Waals surface area (Å²) >= 11 is 0. The number of rotatable bonds is 7. The highest BCUT2D eigenvalue weighted by molar-refractivity contribution is 5.41. The summed E-state index contributed by atoms with van der Waals surface area (Å²) < 4.78 is 5.91. The average Bonchev–Trinajstić information content (AvgIpc) is 2.64. The van der Waals surface area contributed by atoms with Crippen molar-refractivity contribution in [2.45, 2.75) is 51.2 Å². The van der Waals surface area contributed by atoms with E-state index in [1.807, 2.05) is 36.4 Å². The molecule has 2 N–H and O–H groups in total. The zero-order valence-corrected chi connectivity index (χ0v) is 14.1. The fraction of sp³-hybridized carbons (Fsp3) is 0.429. The van der Waals surface area contributed by atoms with Crippen molar-refractivity contribution in [2.24, 2.45) is 0 Å². The quantitative estimate of drug-likeness (QED) is 0.819. The van der Waals surface area contributed by atoms with Crippen LogP contribution in [-0.2, 0) is 25.9 Å². The molecular formula is C21H26O3. The summed E-state index contributed by atoms with van der Waals surface area (Å²) in [7, 11) is 0. The van der Waals surface area contributed by atoms with Crippen molar-refractivity contribution in [2.75, 3.05) is 6.61 Å². The molecule has 0 radical (unpaired) electrons. The fourth-order valence-corrected chi connectivity index (χ4v) is 3.43. The first-order valence-corrected chi connectivity index (χ1v) is 8.87. The topological polar surface area (TPSA) is 49.7 Å². The molecular weight excluding hydrogens is 300 g/mol. The molecule has 0 spiro atoms. The molecule has 2 aromatic carbocycles. The molecule has 0 fully saturated rings. The molecule has 0 aromatic heterocycles. The van der Waals surface area contributed by atoms with E-state index in [9.17, 15) is 10.2 Å². The average molecular weight is 326 g/mol. The molecule has 3 nitrogen and oxygen atoms in total. The van der Waals surface area contributed by atoms with Crippen LogP contribution in [0.25, 0.3) is 0 Å². The molecule has 1 aliphatic rings. The first-order chi connectivity index (χ1) is 11.8. The number of hydrogen-bond donors (Lipinski definition) is 2.